The van der Waals surface area contributed by atoms with Crippen LogP contribution < -0.4 is 5.73 Å². The number of thiophene rings is 1. The summed E-state index contributed by atoms with van der Waals surface area (Å²) in [6, 6.07) is 12.1. The summed E-state index contributed by atoms with van der Waals surface area (Å²) < 4.78 is 1.16. The first-order chi connectivity index (χ1) is 10.3. The van der Waals surface area contributed by atoms with Crippen LogP contribution in [0, 0.1) is 0 Å². The lowest BCUT2D eigenvalue weighted by atomic mass is 9.97. The van der Waals surface area contributed by atoms with Gasteiger partial charge in [0.2, 0.25) is 0 Å². The Labute approximate surface area is 126 Å². The summed E-state index contributed by atoms with van der Waals surface area (Å²) in [5.41, 5.74) is 9.54. The number of fused-ring (bicyclic) bond motifs is 2. The highest BCUT2D eigenvalue weighted by Crippen LogP contribution is 2.28. The van der Waals surface area contributed by atoms with E-state index in [1.54, 1.807) is 11.3 Å². The zero-order chi connectivity index (χ0) is 14.2. The third kappa shape index (κ3) is 2.09. The predicted octanol–water partition coefficient (Wildman–Crippen LogP) is 3.89. The average molecular weight is 291 g/mol. The van der Waals surface area contributed by atoms with Crippen molar-refractivity contribution in [1.82, 2.24) is 9.97 Å². The minimum absolute atomic E-state index is 0.220. The van der Waals surface area contributed by atoms with Crippen molar-refractivity contribution in [3.63, 3.8) is 0 Å². The molecule has 0 amide bonds. The molecule has 0 aliphatic heterocycles. The molecule has 0 saturated heterocycles. The number of rotatable bonds is 2. The second-order valence-corrected chi connectivity index (χ2v) is 5.95. The number of pyridine rings is 2. The van der Waals surface area contributed by atoms with E-state index in [0.29, 0.717) is 0 Å². The number of nitrogens with zero attached hydrogens (tertiary/aromatic N) is 2. The van der Waals surface area contributed by atoms with Gasteiger partial charge < -0.3 is 5.73 Å². The Balaban J connectivity index is 1.87. The van der Waals surface area contributed by atoms with Crippen LogP contribution in [-0.2, 0) is 0 Å². The molecule has 4 aromatic rings. The van der Waals surface area contributed by atoms with Crippen LogP contribution >= 0.6 is 11.3 Å². The summed E-state index contributed by atoms with van der Waals surface area (Å²) in [5.74, 6) is 0. The number of hydrogen-bond acceptors (Lipinski definition) is 4. The molecule has 21 heavy (non-hydrogen) atoms. The van der Waals surface area contributed by atoms with E-state index in [9.17, 15) is 0 Å². The summed E-state index contributed by atoms with van der Waals surface area (Å²) in [7, 11) is 0. The monoisotopic (exact) mass is 291 g/mol. The topological polar surface area (TPSA) is 51.8 Å². The average Bonchev–Trinajstić information content (AvgIpc) is 3.01. The van der Waals surface area contributed by atoms with E-state index < -0.39 is 0 Å². The molecular weight excluding hydrogens is 278 g/mol. The number of hydrogen-bond donors (Lipinski definition) is 1. The molecule has 0 spiro atoms. The van der Waals surface area contributed by atoms with Gasteiger partial charge in [0.15, 0.2) is 0 Å². The van der Waals surface area contributed by atoms with Crippen molar-refractivity contribution in [2.75, 3.05) is 0 Å². The Morgan fingerprint density at radius 3 is 2.90 bits per heavy atom. The van der Waals surface area contributed by atoms with Gasteiger partial charge in [0.25, 0.3) is 0 Å². The van der Waals surface area contributed by atoms with Crippen LogP contribution in [-0.4, -0.2) is 9.97 Å². The molecule has 0 aliphatic carbocycles. The zero-order valence-electron chi connectivity index (χ0n) is 11.2. The molecule has 0 radical (unpaired) electrons. The van der Waals surface area contributed by atoms with Gasteiger partial charge >= 0.3 is 0 Å². The smallest absolute Gasteiger partial charge is 0.0809 e. The maximum absolute atomic E-state index is 6.47. The molecule has 1 aromatic carbocycles. The first-order valence-corrected chi connectivity index (χ1v) is 7.62. The summed E-state index contributed by atoms with van der Waals surface area (Å²) in [4.78, 5) is 8.79. The standard InChI is InChI=1S/C17H13N3S/c18-17(12-7-16-15(20-9-12)5-6-21-16)14-10-19-8-11-3-1-2-4-13(11)14/h1-10,17H,18H2. The van der Waals surface area contributed by atoms with Gasteiger partial charge in [-0.05, 0) is 34.0 Å². The lowest BCUT2D eigenvalue weighted by molar-refractivity contribution is 0.869. The molecule has 3 aromatic heterocycles. The third-order valence-electron chi connectivity index (χ3n) is 3.72. The molecule has 102 valence electrons. The van der Waals surface area contributed by atoms with Gasteiger partial charge in [-0.1, -0.05) is 24.3 Å². The minimum atomic E-state index is -0.220. The normalized spacial score (nSPS) is 12.8. The highest BCUT2D eigenvalue weighted by atomic mass is 32.1. The van der Waals surface area contributed by atoms with E-state index in [-0.39, 0.29) is 6.04 Å². The van der Waals surface area contributed by atoms with Gasteiger partial charge in [0.05, 0.1) is 16.3 Å². The van der Waals surface area contributed by atoms with E-state index in [1.165, 1.54) is 0 Å². The summed E-state index contributed by atoms with van der Waals surface area (Å²) in [6.45, 7) is 0. The van der Waals surface area contributed by atoms with Crippen molar-refractivity contribution in [2.24, 2.45) is 5.73 Å². The van der Waals surface area contributed by atoms with Crippen LogP contribution in [0.3, 0.4) is 0 Å². The van der Waals surface area contributed by atoms with Gasteiger partial charge in [-0.3, -0.25) is 9.97 Å². The first kappa shape index (κ1) is 12.4. The van der Waals surface area contributed by atoms with Crippen molar-refractivity contribution in [2.45, 2.75) is 6.04 Å². The number of benzene rings is 1. The van der Waals surface area contributed by atoms with Crippen molar-refractivity contribution in [1.29, 1.82) is 0 Å². The van der Waals surface area contributed by atoms with Crippen LogP contribution in [0.15, 0.2) is 60.4 Å². The summed E-state index contributed by atoms with van der Waals surface area (Å²) in [6.07, 6.45) is 5.58. The van der Waals surface area contributed by atoms with Gasteiger partial charge in [-0.15, -0.1) is 11.3 Å². The van der Waals surface area contributed by atoms with E-state index in [0.717, 1.165) is 32.1 Å². The largest absolute Gasteiger partial charge is 0.320 e. The van der Waals surface area contributed by atoms with Crippen molar-refractivity contribution in [3.05, 3.63) is 71.5 Å². The first-order valence-electron chi connectivity index (χ1n) is 6.74. The molecule has 1 unspecified atom stereocenters. The lowest BCUT2D eigenvalue weighted by Gasteiger charge is -2.14. The van der Waals surface area contributed by atoms with Crippen LogP contribution in [0.25, 0.3) is 21.0 Å². The van der Waals surface area contributed by atoms with Gasteiger partial charge in [0, 0.05) is 24.0 Å². The van der Waals surface area contributed by atoms with Gasteiger partial charge in [-0.25, -0.2) is 0 Å². The molecule has 0 bridgehead atoms. The molecule has 0 fully saturated rings. The Morgan fingerprint density at radius 1 is 1.05 bits per heavy atom. The van der Waals surface area contributed by atoms with E-state index >= 15 is 0 Å². The van der Waals surface area contributed by atoms with Crippen LogP contribution in [0.4, 0.5) is 0 Å². The van der Waals surface area contributed by atoms with Crippen LogP contribution in [0.1, 0.15) is 17.2 Å². The Hall–Kier alpha value is -2.30. The van der Waals surface area contributed by atoms with E-state index in [2.05, 4.69) is 28.2 Å². The quantitative estimate of drug-likeness (QED) is 0.609. The Kier molecular flexibility index (Phi) is 2.91. The fraction of sp³-hybridized carbons (Fsp3) is 0.0588. The molecular formula is C17H13N3S. The van der Waals surface area contributed by atoms with E-state index in [4.69, 9.17) is 5.73 Å². The lowest BCUT2D eigenvalue weighted by Crippen LogP contribution is -2.12. The Bertz CT molecular complexity index is 924. The maximum Gasteiger partial charge on any atom is 0.0809 e. The van der Waals surface area contributed by atoms with Gasteiger partial charge in [0.1, 0.15) is 0 Å². The third-order valence-corrected chi connectivity index (χ3v) is 4.57. The molecule has 3 heterocycles. The number of aromatic nitrogens is 2. The molecule has 4 heteroatoms. The van der Waals surface area contributed by atoms with Crippen LogP contribution in [0.5, 0.6) is 0 Å². The fourth-order valence-electron chi connectivity index (χ4n) is 2.60. The second-order valence-electron chi connectivity index (χ2n) is 5.00. The predicted molar refractivity (Wildman–Crippen MR) is 87.4 cm³/mol. The maximum atomic E-state index is 6.47. The minimum Gasteiger partial charge on any atom is -0.320 e. The molecule has 4 rings (SSSR count). The van der Waals surface area contributed by atoms with Crippen molar-refractivity contribution >= 4 is 32.3 Å². The molecule has 3 nitrogen and oxygen atoms in total. The molecule has 0 aliphatic rings. The molecule has 2 N–H and O–H groups in total. The molecule has 1 atom stereocenters. The summed E-state index contributed by atoms with van der Waals surface area (Å²) >= 11 is 1.68. The highest BCUT2D eigenvalue weighted by Gasteiger charge is 2.13. The zero-order valence-corrected chi connectivity index (χ0v) is 12.0. The van der Waals surface area contributed by atoms with Crippen molar-refractivity contribution in [3.8, 4) is 0 Å². The summed E-state index contributed by atoms with van der Waals surface area (Å²) in [5, 5.41) is 4.30. The van der Waals surface area contributed by atoms with Crippen molar-refractivity contribution < 1.29 is 0 Å². The SMILES string of the molecule is NC(c1cnc2ccsc2c1)c1cncc2ccccc12. The van der Waals surface area contributed by atoms with Crippen LogP contribution in [0.2, 0.25) is 0 Å². The Morgan fingerprint density at radius 2 is 1.95 bits per heavy atom. The van der Waals surface area contributed by atoms with E-state index in [1.807, 2.05) is 42.2 Å². The van der Waals surface area contributed by atoms with Gasteiger partial charge in [-0.2, -0.15) is 0 Å². The highest BCUT2D eigenvalue weighted by molar-refractivity contribution is 7.17. The number of nitrogens with two attached hydrogens (primary N) is 1. The molecule has 0 saturated carbocycles. The second kappa shape index (κ2) is 4.91. The fourth-order valence-corrected chi connectivity index (χ4v) is 3.39.